The number of benzene rings is 3. The van der Waals surface area contributed by atoms with Gasteiger partial charge in [-0.15, -0.1) is 0 Å². The largest absolute Gasteiger partial charge is 0.0876 e. The predicted molar refractivity (Wildman–Crippen MR) is 146 cm³/mol. The fourth-order valence-electron chi connectivity index (χ4n) is 4.92. The third-order valence-corrected chi connectivity index (χ3v) is 7.15. The molecule has 0 saturated carbocycles. The lowest BCUT2D eigenvalue weighted by atomic mass is 9.79. The van der Waals surface area contributed by atoms with Crippen LogP contribution in [0.3, 0.4) is 0 Å². The van der Waals surface area contributed by atoms with Crippen LogP contribution in [0.15, 0.2) is 54.6 Å². The normalized spacial score (nSPS) is 11.9. The summed E-state index contributed by atoms with van der Waals surface area (Å²) in [5, 5.41) is 0.840. The summed E-state index contributed by atoms with van der Waals surface area (Å²) >= 11 is 3.90. The van der Waals surface area contributed by atoms with E-state index in [0.29, 0.717) is 23.7 Å². The number of rotatable bonds is 7. The first-order valence-electron chi connectivity index (χ1n) is 12.1. The van der Waals surface area contributed by atoms with Crippen molar-refractivity contribution in [3.63, 3.8) is 0 Å². The van der Waals surface area contributed by atoms with Gasteiger partial charge in [0.25, 0.3) is 0 Å². The highest BCUT2D eigenvalue weighted by Crippen LogP contribution is 2.44. The Morgan fingerprint density at radius 1 is 0.500 bits per heavy atom. The first kappa shape index (κ1) is 24.8. The van der Waals surface area contributed by atoms with Crippen molar-refractivity contribution in [3.05, 3.63) is 82.4 Å². The molecule has 0 saturated heterocycles. The van der Waals surface area contributed by atoms with Gasteiger partial charge in [-0.3, -0.25) is 0 Å². The smallest absolute Gasteiger partial charge is 0.0295 e. The molecular weight excluding hydrogens is 452 g/mol. The molecule has 0 aliphatic carbocycles. The molecule has 1 heteroatoms. The molecule has 0 atom stereocenters. The van der Waals surface area contributed by atoms with Crippen molar-refractivity contribution in [2.24, 2.45) is 0 Å². The van der Waals surface area contributed by atoms with Crippen LogP contribution in [-0.2, 0) is 5.33 Å². The van der Waals surface area contributed by atoms with Gasteiger partial charge in [0.15, 0.2) is 0 Å². The molecule has 0 amide bonds. The molecule has 32 heavy (non-hydrogen) atoms. The van der Waals surface area contributed by atoms with E-state index < -0.39 is 0 Å². The van der Waals surface area contributed by atoms with Crippen LogP contribution >= 0.6 is 15.9 Å². The van der Waals surface area contributed by atoms with Crippen molar-refractivity contribution in [2.45, 2.75) is 84.4 Å². The molecule has 0 unspecified atom stereocenters. The second kappa shape index (κ2) is 10.4. The van der Waals surface area contributed by atoms with Gasteiger partial charge >= 0.3 is 0 Å². The Kier molecular flexibility index (Phi) is 8.04. The van der Waals surface area contributed by atoms with E-state index in [0.717, 1.165) is 5.33 Å². The molecular formula is C31H39Br. The second-order valence-corrected chi connectivity index (χ2v) is 10.8. The molecule has 0 bridgehead atoms. The van der Waals surface area contributed by atoms with Gasteiger partial charge < -0.3 is 0 Å². The van der Waals surface area contributed by atoms with Gasteiger partial charge in [-0.2, -0.15) is 0 Å². The van der Waals surface area contributed by atoms with E-state index in [1.807, 2.05) is 0 Å². The van der Waals surface area contributed by atoms with Crippen LogP contribution in [0.2, 0.25) is 0 Å². The maximum absolute atomic E-state index is 3.90. The van der Waals surface area contributed by atoms with Gasteiger partial charge in [0.1, 0.15) is 0 Å². The lowest BCUT2D eigenvalue weighted by Crippen LogP contribution is -2.05. The van der Waals surface area contributed by atoms with Gasteiger partial charge in [0.05, 0.1) is 0 Å². The van der Waals surface area contributed by atoms with Crippen LogP contribution in [0.1, 0.15) is 107 Å². The quantitative estimate of drug-likeness (QED) is 0.288. The summed E-state index contributed by atoms with van der Waals surface area (Å²) < 4.78 is 0. The van der Waals surface area contributed by atoms with Gasteiger partial charge in [-0.05, 0) is 73.7 Å². The fraction of sp³-hybridized carbons (Fsp3) is 0.419. The summed E-state index contributed by atoms with van der Waals surface area (Å²) in [6.45, 7) is 18.5. The maximum Gasteiger partial charge on any atom is 0.0295 e. The summed E-state index contributed by atoms with van der Waals surface area (Å²) in [6, 6.07) is 20.7. The Morgan fingerprint density at radius 2 is 0.781 bits per heavy atom. The Morgan fingerprint density at radius 3 is 1.03 bits per heavy atom. The summed E-state index contributed by atoms with van der Waals surface area (Å²) in [6.07, 6.45) is 0. The zero-order valence-electron chi connectivity index (χ0n) is 21.1. The van der Waals surface area contributed by atoms with Gasteiger partial charge in [0.2, 0.25) is 0 Å². The maximum atomic E-state index is 3.90. The summed E-state index contributed by atoms with van der Waals surface area (Å²) in [5.41, 5.74) is 12.8. The molecule has 0 aromatic heterocycles. The number of halogens is 1. The number of hydrogen-bond acceptors (Lipinski definition) is 0. The van der Waals surface area contributed by atoms with Gasteiger partial charge in [0, 0.05) is 5.33 Å². The fourth-order valence-corrected chi connectivity index (χ4v) is 5.53. The molecule has 170 valence electrons. The average molecular weight is 492 g/mol. The van der Waals surface area contributed by atoms with E-state index >= 15 is 0 Å². The second-order valence-electron chi connectivity index (χ2n) is 10.2. The molecule has 0 fully saturated rings. The van der Waals surface area contributed by atoms with Crippen LogP contribution in [0, 0.1) is 0 Å². The average Bonchev–Trinajstić information content (AvgIpc) is 2.77. The minimum absolute atomic E-state index is 0.477. The zero-order chi connectivity index (χ0) is 23.6. The van der Waals surface area contributed by atoms with E-state index in [9.17, 15) is 0 Å². The minimum atomic E-state index is 0.477. The van der Waals surface area contributed by atoms with Crippen LogP contribution in [0.25, 0.3) is 22.3 Å². The van der Waals surface area contributed by atoms with E-state index in [2.05, 4.69) is 126 Å². The highest BCUT2D eigenvalue weighted by molar-refractivity contribution is 9.08. The van der Waals surface area contributed by atoms with Crippen molar-refractivity contribution < 1.29 is 0 Å². The van der Waals surface area contributed by atoms with Crippen LogP contribution < -0.4 is 0 Å². The molecule has 0 nitrogen and oxygen atoms in total. The van der Waals surface area contributed by atoms with Crippen molar-refractivity contribution in [2.75, 3.05) is 0 Å². The molecule has 3 aromatic rings. The molecule has 0 radical (unpaired) electrons. The Bertz CT molecular complexity index is 936. The highest BCUT2D eigenvalue weighted by Gasteiger charge is 2.22. The minimum Gasteiger partial charge on any atom is -0.0876 e. The van der Waals surface area contributed by atoms with Gasteiger partial charge in [-0.25, -0.2) is 0 Å². The van der Waals surface area contributed by atoms with E-state index in [4.69, 9.17) is 0 Å². The standard InChI is InChI=1S/C31H39Br/c1-19(2)23-12-9-13-24(20(3)4)30(23)27-16-11-17-28(29(27)18-32)31-25(21(5)6)14-10-15-26(31)22(7)8/h9-17,19-22H,18H2,1-8H3. The predicted octanol–water partition coefficient (Wildman–Crippen LogP) is 10.4. The van der Waals surface area contributed by atoms with Crippen LogP contribution in [0.4, 0.5) is 0 Å². The Balaban J connectivity index is 2.43. The highest BCUT2D eigenvalue weighted by atomic mass is 79.9. The molecule has 0 aliphatic rings. The third kappa shape index (κ3) is 4.74. The van der Waals surface area contributed by atoms with Crippen molar-refractivity contribution in [1.29, 1.82) is 0 Å². The number of alkyl halides is 1. The zero-order valence-corrected chi connectivity index (χ0v) is 22.7. The summed E-state index contributed by atoms with van der Waals surface area (Å²) in [4.78, 5) is 0. The Labute approximate surface area is 204 Å². The lowest BCUT2D eigenvalue weighted by Gasteiger charge is -2.25. The van der Waals surface area contributed by atoms with E-state index in [1.54, 1.807) is 0 Å². The first-order valence-corrected chi connectivity index (χ1v) is 13.2. The number of hydrogen-bond donors (Lipinski definition) is 0. The monoisotopic (exact) mass is 490 g/mol. The first-order chi connectivity index (χ1) is 15.2. The Hall–Kier alpha value is -1.86. The third-order valence-electron chi connectivity index (χ3n) is 6.59. The summed E-state index contributed by atoms with van der Waals surface area (Å²) in [7, 11) is 0. The molecule has 3 aromatic carbocycles. The summed E-state index contributed by atoms with van der Waals surface area (Å²) in [5.74, 6) is 1.91. The molecule has 3 rings (SSSR count). The van der Waals surface area contributed by atoms with E-state index in [-0.39, 0.29) is 0 Å². The van der Waals surface area contributed by atoms with Crippen molar-refractivity contribution >= 4 is 15.9 Å². The van der Waals surface area contributed by atoms with Crippen molar-refractivity contribution in [1.82, 2.24) is 0 Å². The van der Waals surface area contributed by atoms with Gasteiger partial charge in [-0.1, -0.05) is 126 Å². The van der Waals surface area contributed by atoms with Crippen LogP contribution in [0.5, 0.6) is 0 Å². The van der Waals surface area contributed by atoms with E-state index in [1.165, 1.54) is 50.1 Å². The molecule has 0 N–H and O–H groups in total. The lowest BCUT2D eigenvalue weighted by molar-refractivity contribution is 0.836. The molecule has 0 spiro atoms. The van der Waals surface area contributed by atoms with Crippen molar-refractivity contribution in [3.8, 4) is 22.3 Å². The molecule has 0 heterocycles. The van der Waals surface area contributed by atoms with Crippen LogP contribution in [-0.4, -0.2) is 0 Å². The SMILES string of the molecule is CC(C)c1cccc(C(C)C)c1-c1cccc(-c2c(C(C)C)cccc2C(C)C)c1CBr. The molecule has 0 aliphatic heterocycles. The topological polar surface area (TPSA) is 0 Å².